The molecule has 0 heterocycles. The molecule has 0 amide bonds. The van der Waals surface area contributed by atoms with Gasteiger partial charge in [0.25, 0.3) is 10.0 Å². The Morgan fingerprint density at radius 1 is 1.05 bits per heavy atom. The van der Waals surface area contributed by atoms with Crippen LogP contribution < -0.4 is 10.5 Å². The molecule has 0 saturated carbocycles. The summed E-state index contributed by atoms with van der Waals surface area (Å²) in [6.45, 7) is 0. The summed E-state index contributed by atoms with van der Waals surface area (Å²) in [4.78, 5) is -0.581. The molecule has 20 heavy (non-hydrogen) atoms. The molecule has 0 radical (unpaired) electrons. The maximum Gasteiger partial charge on any atom is 0.264 e. The molecule has 0 atom stereocenters. The maximum absolute atomic E-state index is 13.7. The van der Waals surface area contributed by atoms with Crippen LogP contribution in [0.25, 0.3) is 0 Å². The summed E-state index contributed by atoms with van der Waals surface area (Å²) in [5, 5.41) is 0. The molecule has 0 aliphatic rings. The summed E-state index contributed by atoms with van der Waals surface area (Å²) >= 11 is 3.02. The van der Waals surface area contributed by atoms with Crippen LogP contribution in [0.4, 0.5) is 20.2 Å². The highest BCUT2D eigenvalue weighted by Gasteiger charge is 2.20. The Bertz CT molecular complexity index is 766. The Hall–Kier alpha value is -1.67. The summed E-state index contributed by atoms with van der Waals surface area (Å²) in [6, 6.07) is 6.87. The van der Waals surface area contributed by atoms with Gasteiger partial charge in [-0.05, 0) is 36.4 Å². The number of rotatable bonds is 3. The van der Waals surface area contributed by atoms with Crippen LogP contribution in [0, 0.1) is 11.6 Å². The van der Waals surface area contributed by atoms with Crippen LogP contribution in [0.5, 0.6) is 0 Å². The van der Waals surface area contributed by atoms with Gasteiger partial charge in [0.2, 0.25) is 0 Å². The van der Waals surface area contributed by atoms with Crippen molar-refractivity contribution in [2.24, 2.45) is 0 Å². The van der Waals surface area contributed by atoms with E-state index >= 15 is 0 Å². The Balaban J connectivity index is 2.43. The zero-order valence-electron chi connectivity index (χ0n) is 9.90. The van der Waals surface area contributed by atoms with Gasteiger partial charge >= 0.3 is 0 Å². The first-order valence-corrected chi connectivity index (χ1v) is 7.60. The monoisotopic (exact) mass is 362 g/mol. The van der Waals surface area contributed by atoms with Gasteiger partial charge in [-0.15, -0.1) is 0 Å². The van der Waals surface area contributed by atoms with E-state index in [-0.39, 0.29) is 11.4 Å². The van der Waals surface area contributed by atoms with E-state index in [1.54, 1.807) is 0 Å². The van der Waals surface area contributed by atoms with Crippen LogP contribution in [-0.4, -0.2) is 8.42 Å². The first-order valence-electron chi connectivity index (χ1n) is 5.32. The van der Waals surface area contributed by atoms with E-state index in [0.717, 1.165) is 24.3 Å². The second-order valence-corrected chi connectivity index (χ2v) is 6.49. The Kier molecular flexibility index (Phi) is 3.96. The van der Waals surface area contributed by atoms with Crippen molar-refractivity contribution in [3.63, 3.8) is 0 Å². The van der Waals surface area contributed by atoms with Crippen molar-refractivity contribution in [2.75, 3.05) is 10.5 Å². The predicted molar refractivity (Wildman–Crippen MR) is 75.7 cm³/mol. The number of halogens is 3. The largest absolute Gasteiger partial charge is 0.399 e. The van der Waals surface area contributed by atoms with Gasteiger partial charge < -0.3 is 5.73 Å². The van der Waals surface area contributed by atoms with E-state index in [9.17, 15) is 17.2 Å². The van der Waals surface area contributed by atoms with Gasteiger partial charge in [-0.1, -0.05) is 15.9 Å². The molecule has 0 spiro atoms. The molecule has 3 N–H and O–H groups in total. The number of hydrogen-bond acceptors (Lipinski definition) is 3. The molecule has 106 valence electrons. The summed E-state index contributed by atoms with van der Waals surface area (Å²) in [5.74, 6) is -1.75. The second kappa shape index (κ2) is 5.37. The van der Waals surface area contributed by atoms with E-state index < -0.39 is 26.6 Å². The van der Waals surface area contributed by atoms with Crippen molar-refractivity contribution < 1.29 is 17.2 Å². The van der Waals surface area contributed by atoms with Crippen LogP contribution in [-0.2, 0) is 10.0 Å². The molecule has 0 aliphatic heterocycles. The molecule has 2 aromatic rings. The standard InChI is InChI=1S/C12H9BrF2N2O2S/c13-7-1-4-12(10(15)5-7)20(18,19)17-11-6-8(16)2-3-9(11)14/h1-6,17H,16H2. The first-order chi connectivity index (χ1) is 9.29. The Morgan fingerprint density at radius 2 is 1.75 bits per heavy atom. The third kappa shape index (κ3) is 3.07. The van der Waals surface area contributed by atoms with Crippen molar-refractivity contribution in [1.82, 2.24) is 0 Å². The normalized spacial score (nSPS) is 11.3. The van der Waals surface area contributed by atoms with Crippen LogP contribution in [0.1, 0.15) is 0 Å². The fraction of sp³-hybridized carbons (Fsp3) is 0. The second-order valence-electron chi connectivity index (χ2n) is 3.92. The zero-order chi connectivity index (χ0) is 14.9. The lowest BCUT2D eigenvalue weighted by molar-refractivity contribution is 0.569. The van der Waals surface area contributed by atoms with Gasteiger partial charge in [0.1, 0.15) is 16.5 Å². The average Bonchev–Trinajstić information content (AvgIpc) is 2.33. The molecular formula is C12H9BrF2N2O2S. The third-order valence-electron chi connectivity index (χ3n) is 2.42. The van der Waals surface area contributed by atoms with Crippen LogP contribution in [0.15, 0.2) is 45.8 Å². The summed E-state index contributed by atoms with van der Waals surface area (Å²) < 4.78 is 53.6. The van der Waals surface area contributed by atoms with E-state index in [2.05, 4.69) is 15.9 Å². The predicted octanol–water partition coefficient (Wildman–Crippen LogP) is 3.11. The SMILES string of the molecule is Nc1ccc(F)c(NS(=O)(=O)c2ccc(Br)cc2F)c1. The number of nitrogens with two attached hydrogens (primary N) is 1. The highest BCUT2D eigenvalue weighted by molar-refractivity contribution is 9.10. The van der Waals surface area contributed by atoms with Crippen molar-refractivity contribution in [3.05, 3.63) is 52.5 Å². The van der Waals surface area contributed by atoms with Crippen molar-refractivity contribution in [2.45, 2.75) is 4.90 Å². The molecule has 2 rings (SSSR count). The van der Waals surface area contributed by atoms with Gasteiger partial charge in [-0.25, -0.2) is 17.2 Å². The smallest absolute Gasteiger partial charge is 0.264 e. The van der Waals surface area contributed by atoms with Gasteiger partial charge in [-0.3, -0.25) is 4.72 Å². The lowest BCUT2D eigenvalue weighted by Gasteiger charge is -2.10. The number of anilines is 2. The summed E-state index contributed by atoms with van der Waals surface area (Å²) in [7, 11) is -4.24. The molecule has 0 bridgehead atoms. The number of nitrogens with one attached hydrogen (secondary N) is 1. The van der Waals surface area contributed by atoms with Crippen LogP contribution in [0.3, 0.4) is 0 Å². The van der Waals surface area contributed by atoms with Gasteiger partial charge in [0.15, 0.2) is 0 Å². The minimum Gasteiger partial charge on any atom is -0.399 e. The third-order valence-corrected chi connectivity index (χ3v) is 4.31. The lowest BCUT2D eigenvalue weighted by atomic mass is 10.3. The fourth-order valence-corrected chi connectivity index (χ4v) is 2.97. The molecular weight excluding hydrogens is 354 g/mol. The van der Waals surface area contributed by atoms with E-state index in [1.165, 1.54) is 12.1 Å². The number of sulfonamides is 1. The maximum atomic E-state index is 13.7. The molecule has 0 fully saturated rings. The average molecular weight is 363 g/mol. The minimum absolute atomic E-state index is 0.181. The van der Waals surface area contributed by atoms with Gasteiger partial charge in [-0.2, -0.15) is 0 Å². The van der Waals surface area contributed by atoms with Gasteiger partial charge in [0, 0.05) is 10.2 Å². The highest BCUT2D eigenvalue weighted by Crippen LogP contribution is 2.24. The topological polar surface area (TPSA) is 72.2 Å². The van der Waals surface area contributed by atoms with E-state index in [0.29, 0.717) is 4.47 Å². The zero-order valence-corrected chi connectivity index (χ0v) is 12.3. The fourth-order valence-electron chi connectivity index (χ4n) is 1.51. The van der Waals surface area contributed by atoms with Crippen molar-refractivity contribution in [3.8, 4) is 0 Å². The van der Waals surface area contributed by atoms with E-state index in [4.69, 9.17) is 5.73 Å². The van der Waals surface area contributed by atoms with Crippen molar-refractivity contribution >= 4 is 37.3 Å². The molecule has 8 heteroatoms. The van der Waals surface area contributed by atoms with Crippen LogP contribution >= 0.6 is 15.9 Å². The molecule has 0 unspecified atom stereocenters. The number of nitrogen functional groups attached to an aromatic ring is 1. The number of hydrogen-bond donors (Lipinski definition) is 2. The summed E-state index contributed by atoms with van der Waals surface area (Å²) in [6.07, 6.45) is 0. The Morgan fingerprint density at radius 3 is 2.40 bits per heavy atom. The number of benzene rings is 2. The minimum atomic E-state index is -4.24. The molecule has 0 aliphatic carbocycles. The molecule has 4 nitrogen and oxygen atoms in total. The quantitative estimate of drug-likeness (QED) is 0.824. The summed E-state index contributed by atoms with van der Waals surface area (Å²) in [5.41, 5.74) is 5.29. The lowest BCUT2D eigenvalue weighted by Crippen LogP contribution is -2.15. The highest BCUT2D eigenvalue weighted by atomic mass is 79.9. The van der Waals surface area contributed by atoms with Gasteiger partial charge in [0.05, 0.1) is 5.69 Å². The molecule has 2 aromatic carbocycles. The van der Waals surface area contributed by atoms with Crippen LogP contribution in [0.2, 0.25) is 0 Å². The first kappa shape index (κ1) is 14.7. The Labute approximate surface area is 122 Å². The van der Waals surface area contributed by atoms with E-state index in [1.807, 2.05) is 4.72 Å². The molecule has 0 aromatic heterocycles. The van der Waals surface area contributed by atoms with Crippen molar-refractivity contribution in [1.29, 1.82) is 0 Å². The molecule has 0 saturated heterocycles.